The minimum Gasteiger partial charge on any atom is -0.396 e. The van der Waals surface area contributed by atoms with Gasteiger partial charge in [0.15, 0.2) is 0 Å². The van der Waals surface area contributed by atoms with Crippen molar-refractivity contribution in [1.29, 1.82) is 0 Å². The van der Waals surface area contributed by atoms with E-state index in [-0.39, 0.29) is 24.5 Å². The van der Waals surface area contributed by atoms with Crippen molar-refractivity contribution in [3.05, 3.63) is 70.9 Å². The van der Waals surface area contributed by atoms with Crippen LogP contribution in [0.1, 0.15) is 45.6 Å². The van der Waals surface area contributed by atoms with Crippen molar-refractivity contribution in [3.63, 3.8) is 0 Å². The number of aromatic amines is 1. The normalized spacial score (nSPS) is 19.4. The van der Waals surface area contributed by atoms with E-state index in [0.29, 0.717) is 5.69 Å². The highest BCUT2D eigenvalue weighted by Crippen LogP contribution is 2.39. The van der Waals surface area contributed by atoms with Gasteiger partial charge in [0.2, 0.25) is 0 Å². The molecule has 2 atom stereocenters. The molecule has 1 aromatic heterocycles. The summed E-state index contributed by atoms with van der Waals surface area (Å²) in [7, 11) is 0. The van der Waals surface area contributed by atoms with E-state index in [1.54, 1.807) is 0 Å². The fourth-order valence-electron chi connectivity index (χ4n) is 3.65. The third-order valence-electron chi connectivity index (χ3n) is 4.88. The molecule has 0 saturated carbocycles. The molecular formula is C20H20N2O2. The molecule has 0 fully saturated rings. The highest BCUT2D eigenvalue weighted by Gasteiger charge is 2.31. The maximum absolute atomic E-state index is 12.7. The number of nitrogens with one attached hydrogen (secondary N) is 2. The van der Waals surface area contributed by atoms with Crippen LogP contribution in [0.3, 0.4) is 0 Å². The molecule has 24 heavy (non-hydrogen) atoms. The second-order valence-corrected chi connectivity index (χ2v) is 6.54. The van der Waals surface area contributed by atoms with Crippen molar-refractivity contribution in [1.82, 2.24) is 10.3 Å². The Morgan fingerprint density at radius 1 is 1.21 bits per heavy atom. The van der Waals surface area contributed by atoms with E-state index < -0.39 is 0 Å². The standard InChI is InChI=1S/C20H20N2O2/c1-12-6-7-13-9-19(21-17(13)8-12)20(24)22-18-10-14(11-23)15-4-2-3-5-16(15)18/h2-9,14,18,21,23H,10-11H2,1H3,(H,22,24)/t14-,18-/m1/s1. The molecule has 1 aliphatic rings. The molecule has 0 radical (unpaired) electrons. The average Bonchev–Trinajstić information content (AvgIpc) is 3.16. The summed E-state index contributed by atoms with van der Waals surface area (Å²) in [5, 5.41) is 13.7. The number of carbonyl (C=O) groups excluding carboxylic acids is 1. The van der Waals surface area contributed by atoms with E-state index in [1.807, 2.05) is 55.5 Å². The fraction of sp³-hybridized carbons (Fsp3) is 0.250. The molecule has 4 heteroatoms. The highest BCUT2D eigenvalue weighted by molar-refractivity contribution is 5.98. The van der Waals surface area contributed by atoms with Gasteiger partial charge in [-0.15, -0.1) is 0 Å². The lowest BCUT2D eigenvalue weighted by Crippen LogP contribution is -2.27. The Hall–Kier alpha value is -2.59. The largest absolute Gasteiger partial charge is 0.396 e. The van der Waals surface area contributed by atoms with Crippen molar-refractivity contribution in [3.8, 4) is 0 Å². The molecule has 0 saturated heterocycles. The van der Waals surface area contributed by atoms with Gasteiger partial charge in [-0.3, -0.25) is 4.79 Å². The second-order valence-electron chi connectivity index (χ2n) is 6.54. The lowest BCUT2D eigenvalue weighted by atomic mass is 10.0. The molecule has 0 aliphatic heterocycles. The number of hydrogen-bond donors (Lipinski definition) is 3. The maximum Gasteiger partial charge on any atom is 0.268 e. The van der Waals surface area contributed by atoms with Crippen LogP contribution in [-0.4, -0.2) is 22.6 Å². The number of rotatable bonds is 3. The summed E-state index contributed by atoms with van der Waals surface area (Å²) in [6, 6.07) is 15.9. The van der Waals surface area contributed by atoms with E-state index in [4.69, 9.17) is 0 Å². The van der Waals surface area contributed by atoms with Crippen LogP contribution in [-0.2, 0) is 0 Å². The zero-order valence-electron chi connectivity index (χ0n) is 13.5. The van der Waals surface area contributed by atoms with Crippen LogP contribution in [0.15, 0.2) is 48.5 Å². The average molecular weight is 320 g/mol. The molecule has 0 bridgehead atoms. The van der Waals surface area contributed by atoms with E-state index in [1.165, 1.54) is 0 Å². The van der Waals surface area contributed by atoms with Gasteiger partial charge in [-0.1, -0.05) is 36.4 Å². The Kier molecular flexibility index (Phi) is 3.62. The zero-order valence-corrected chi connectivity index (χ0v) is 13.5. The monoisotopic (exact) mass is 320 g/mol. The zero-order chi connectivity index (χ0) is 16.7. The summed E-state index contributed by atoms with van der Waals surface area (Å²) >= 11 is 0. The number of aliphatic hydroxyl groups excluding tert-OH is 1. The van der Waals surface area contributed by atoms with Crippen molar-refractivity contribution in [2.45, 2.75) is 25.3 Å². The molecule has 2 aromatic carbocycles. The van der Waals surface area contributed by atoms with E-state index in [9.17, 15) is 9.90 Å². The van der Waals surface area contributed by atoms with Crippen molar-refractivity contribution >= 4 is 16.8 Å². The number of hydrogen-bond acceptors (Lipinski definition) is 2. The third-order valence-corrected chi connectivity index (χ3v) is 4.88. The molecular weight excluding hydrogens is 300 g/mol. The van der Waals surface area contributed by atoms with Crippen LogP contribution in [0.4, 0.5) is 0 Å². The Balaban J connectivity index is 1.59. The number of carbonyl (C=O) groups is 1. The number of H-pyrrole nitrogens is 1. The fourth-order valence-corrected chi connectivity index (χ4v) is 3.65. The molecule has 1 amide bonds. The smallest absolute Gasteiger partial charge is 0.268 e. The van der Waals surface area contributed by atoms with Crippen molar-refractivity contribution < 1.29 is 9.90 Å². The first-order valence-electron chi connectivity index (χ1n) is 8.25. The topological polar surface area (TPSA) is 65.1 Å². The summed E-state index contributed by atoms with van der Waals surface area (Å²) in [6.45, 7) is 2.14. The summed E-state index contributed by atoms with van der Waals surface area (Å²) in [4.78, 5) is 15.9. The van der Waals surface area contributed by atoms with E-state index >= 15 is 0 Å². The van der Waals surface area contributed by atoms with Gasteiger partial charge in [0.25, 0.3) is 5.91 Å². The number of amides is 1. The summed E-state index contributed by atoms with van der Waals surface area (Å²) in [5.41, 5.74) is 4.95. The van der Waals surface area contributed by atoms with E-state index in [0.717, 1.165) is 34.0 Å². The van der Waals surface area contributed by atoms with Gasteiger partial charge in [0.05, 0.1) is 12.6 Å². The lowest BCUT2D eigenvalue weighted by molar-refractivity contribution is 0.0930. The van der Waals surface area contributed by atoms with Gasteiger partial charge in [-0.05, 0) is 42.2 Å². The van der Waals surface area contributed by atoms with Gasteiger partial charge in [0.1, 0.15) is 5.69 Å². The van der Waals surface area contributed by atoms with Crippen molar-refractivity contribution in [2.75, 3.05) is 6.61 Å². The Labute approximate surface area is 140 Å². The van der Waals surface area contributed by atoms with Crippen molar-refractivity contribution in [2.24, 2.45) is 0 Å². The number of aliphatic hydroxyl groups is 1. The molecule has 4 rings (SSSR count). The highest BCUT2D eigenvalue weighted by atomic mass is 16.3. The molecule has 0 unspecified atom stereocenters. The van der Waals surface area contributed by atoms with Crippen LogP contribution in [0.5, 0.6) is 0 Å². The SMILES string of the molecule is Cc1ccc2cc(C(=O)N[C@@H]3C[C@H](CO)c4ccccc43)[nH]c2c1. The quantitative estimate of drug-likeness (QED) is 0.692. The first-order valence-corrected chi connectivity index (χ1v) is 8.25. The Morgan fingerprint density at radius 2 is 2.00 bits per heavy atom. The maximum atomic E-state index is 12.7. The minimum atomic E-state index is -0.109. The predicted octanol–water partition coefficient (Wildman–Crippen LogP) is 3.43. The van der Waals surface area contributed by atoms with Gasteiger partial charge < -0.3 is 15.4 Å². The third kappa shape index (κ3) is 2.49. The molecule has 3 aromatic rings. The van der Waals surface area contributed by atoms with Crippen LogP contribution in [0.2, 0.25) is 0 Å². The predicted molar refractivity (Wildman–Crippen MR) is 94.1 cm³/mol. The minimum absolute atomic E-state index is 0.0565. The van der Waals surface area contributed by atoms with Crippen LogP contribution in [0.25, 0.3) is 10.9 Å². The summed E-state index contributed by atoms with van der Waals surface area (Å²) in [6.07, 6.45) is 0.737. The van der Waals surface area contributed by atoms with Gasteiger partial charge >= 0.3 is 0 Å². The molecule has 4 nitrogen and oxygen atoms in total. The Morgan fingerprint density at radius 3 is 2.79 bits per heavy atom. The summed E-state index contributed by atoms with van der Waals surface area (Å²) < 4.78 is 0. The van der Waals surface area contributed by atoms with Crippen LogP contribution < -0.4 is 5.32 Å². The first-order chi connectivity index (χ1) is 11.7. The Bertz CT molecular complexity index is 913. The number of benzene rings is 2. The first kappa shape index (κ1) is 15.0. The number of fused-ring (bicyclic) bond motifs is 2. The van der Waals surface area contributed by atoms with E-state index in [2.05, 4.69) is 10.3 Å². The van der Waals surface area contributed by atoms with Gasteiger partial charge in [-0.25, -0.2) is 0 Å². The lowest BCUT2D eigenvalue weighted by Gasteiger charge is -2.13. The van der Waals surface area contributed by atoms with Crippen LogP contribution >= 0.6 is 0 Å². The number of aryl methyl sites for hydroxylation is 1. The molecule has 1 aliphatic carbocycles. The van der Waals surface area contributed by atoms with Gasteiger partial charge in [-0.2, -0.15) is 0 Å². The van der Waals surface area contributed by atoms with Gasteiger partial charge in [0, 0.05) is 16.8 Å². The summed E-state index contributed by atoms with van der Waals surface area (Å²) in [5.74, 6) is -0.0147. The molecule has 1 heterocycles. The second kappa shape index (κ2) is 5.80. The molecule has 3 N–H and O–H groups in total. The molecule has 0 spiro atoms. The molecule has 122 valence electrons. The number of aromatic nitrogens is 1. The van der Waals surface area contributed by atoms with Crippen LogP contribution in [0, 0.1) is 6.92 Å².